The minimum Gasteiger partial charge on any atom is -0.495 e. The number of aliphatic hydroxyl groups is 2. The molecule has 0 radical (unpaired) electrons. The Balaban J connectivity index is 2.05. The first-order valence-corrected chi connectivity index (χ1v) is 6.46. The van der Waals surface area contributed by atoms with Crippen LogP contribution in [0.5, 0.6) is 0 Å². The van der Waals surface area contributed by atoms with Gasteiger partial charge < -0.3 is 14.9 Å². The maximum absolute atomic E-state index is 10.5. The number of ether oxygens (including phenoxy) is 1. The fourth-order valence-electron chi connectivity index (χ4n) is 2.65. The second-order valence-electron chi connectivity index (χ2n) is 5.02. The van der Waals surface area contributed by atoms with Gasteiger partial charge in [0.2, 0.25) is 0 Å². The van der Waals surface area contributed by atoms with E-state index in [0.29, 0.717) is 25.2 Å². The molecule has 3 nitrogen and oxygen atoms in total. The molecule has 0 amide bonds. The second-order valence-corrected chi connectivity index (χ2v) is 5.02. The first-order valence-electron chi connectivity index (χ1n) is 6.46. The van der Waals surface area contributed by atoms with Crippen LogP contribution in [0.3, 0.4) is 0 Å². The van der Waals surface area contributed by atoms with Crippen molar-refractivity contribution in [3.05, 3.63) is 11.8 Å². The van der Waals surface area contributed by atoms with Crippen LogP contribution in [0.2, 0.25) is 0 Å². The standard InChI is InChI=1S/C13H22O3/c14-12(11-7-3-6-10-16-11)13(15)8-4-1-2-5-9-13/h7,12,14-15H,1-6,8-10H2. The molecule has 3 heteroatoms. The zero-order valence-corrected chi connectivity index (χ0v) is 9.82. The lowest BCUT2D eigenvalue weighted by atomic mass is 9.86. The Morgan fingerprint density at radius 2 is 1.81 bits per heavy atom. The topological polar surface area (TPSA) is 49.7 Å². The van der Waals surface area contributed by atoms with E-state index in [9.17, 15) is 10.2 Å². The van der Waals surface area contributed by atoms with E-state index in [2.05, 4.69) is 0 Å². The molecule has 1 aliphatic heterocycles. The van der Waals surface area contributed by atoms with E-state index >= 15 is 0 Å². The number of hydrogen-bond acceptors (Lipinski definition) is 3. The van der Waals surface area contributed by atoms with Gasteiger partial charge >= 0.3 is 0 Å². The van der Waals surface area contributed by atoms with Crippen molar-refractivity contribution in [3.63, 3.8) is 0 Å². The van der Waals surface area contributed by atoms with Gasteiger partial charge in [0.1, 0.15) is 11.9 Å². The molecule has 1 saturated carbocycles. The van der Waals surface area contributed by atoms with E-state index in [1.54, 1.807) is 0 Å². The predicted molar refractivity (Wildman–Crippen MR) is 61.9 cm³/mol. The normalized spacial score (nSPS) is 27.5. The van der Waals surface area contributed by atoms with Crippen LogP contribution in [0.1, 0.15) is 51.4 Å². The van der Waals surface area contributed by atoms with Gasteiger partial charge in [0.05, 0.1) is 12.2 Å². The first kappa shape index (κ1) is 11.9. The largest absolute Gasteiger partial charge is 0.495 e. The summed E-state index contributed by atoms with van der Waals surface area (Å²) >= 11 is 0. The highest BCUT2D eigenvalue weighted by atomic mass is 16.5. The minimum absolute atomic E-state index is 0.593. The molecule has 16 heavy (non-hydrogen) atoms. The van der Waals surface area contributed by atoms with E-state index in [0.717, 1.165) is 38.5 Å². The van der Waals surface area contributed by atoms with Gasteiger partial charge in [0.25, 0.3) is 0 Å². The molecular weight excluding hydrogens is 204 g/mol. The van der Waals surface area contributed by atoms with Crippen molar-refractivity contribution < 1.29 is 14.9 Å². The summed E-state index contributed by atoms with van der Waals surface area (Å²) in [6, 6.07) is 0. The Morgan fingerprint density at radius 1 is 1.12 bits per heavy atom. The van der Waals surface area contributed by atoms with E-state index < -0.39 is 11.7 Å². The summed E-state index contributed by atoms with van der Waals surface area (Å²) in [5.74, 6) is 0.593. The third-order valence-corrected chi connectivity index (χ3v) is 3.71. The maximum Gasteiger partial charge on any atom is 0.139 e. The molecular formula is C13H22O3. The minimum atomic E-state index is -0.959. The smallest absolute Gasteiger partial charge is 0.139 e. The average Bonchev–Trinajstić information content (AvgIpc) is 2.55. The van der Waals surface area contributed by atoms with Crippen molar-refractivity contribution in [2.75, 3.05) is 6.61 Å². The van der Waals surface area contributed by atoms with Crippen molar-refractivity contribution in [2.24, 2.45) is 0 Å². The molecule has 2 N–H and O–H groups in total. The predicted octanol–water partition coefficient (Wildman–Crippen LogP) is 2.13. The average molecular weight is 226 g/mol. The number of aliphatic hydroxyl groups excluding tert-OH is 1. The molecule has 1 fully saturated rings. The fourth-order valence-corrected chi connectivity index (χ4v) is 2.65. The van der Waals surface area contributed by atoms with Crippen molar-refractivity contribution in [3.8, 4) is 0 Å². The summed E-state index contributed by atoms with van der Waals surface area (Å²) in [6.07, 6.45) is 8.76. The molecule has 0 bridgehead atoms. The van der Waals surface area contributed by atoms with E-state index in [1.165, 1.54) is 0 Å². The van der Waals surface area contributed by atoms with Gasteiger partial charge in [-0.15, -0.1) is 0 Å². The molecule has 1 heterocycles. The van der Waals surface area contributed by atoms with Crippen molar-refractivity contribution in [1.29, 1.82) is 0 Å². The number of rotatable bonds is 2. The monoisotopic (exact) mass is 226 g/mol. The lowest BCUT2D eigenvalue weighted by Gasteiger charge is -2.34. The van der Waals surface area contributed by atoms with Crippen LogP contribution in [-0.2, 0) is 4.74 Å². The Morgan fingerprint density at radius 3 is 2.38 bits per heavy atom. The van der Waals surface area contributed by atoms with Gasteiger partial charge in [-0.05, 0) is 31.8 Å². The van der Waals surface area contributed by atoms with Crippen LogP contribution in [0.25, 0.3) is 0 Å². The molecule has 2 aliphatic rings. The Hall–Kier alpha value is -0.540. The third-order valence-electron chi connectivity index (χ3n) is 3.71. The van der Waals surface area contributed by atoms with Crippen LogP contribution in [-0.4, -0.2) is 28.5 Å². The Labute approximate surface area is 97.1 Å². The zero-order chi connectivity index (χ0) is 11.4. The van der Waals surface area contributed by atoms with Crippen LogP contribution in [0.4, 0.5) is 0 Å². The fraction of sp³-hybridized carbons (Fsp3) is 0.846. The van der Waals surface area contributed by atoms with Crippen LogP contribution < -0.4 is 0 Å². The highest BCUT2D eigenvalue weighted by Gasteiger charge is 2.39. The van der Waals surface area contributed by atoms with Gasteiger partial charge in [0, 0.05) is 0 Å². The van der Waals surface area contributed by atoms with E-state index in [-0.39, 0.29) is 0 Å². The lowest BCUT2D eigenvalue weighted by molar-refractivity contribution is -0.0895. The quantitative estimate of drug-likeness (QED) is 0.709. The molecule has 0 saturated heterocycles. The molecule has 92 valence electrons. The lowest BCUT2D eigenvalue weighted by Crippen LogP contribution is -2.44. The van der Waals surface area contributed by atoms with Crippen molar-refractivity contribution in [1.82, 2.24) is 0 Å². The SMILES string of the molecule is OC(C1=CCCCO1)C1(O)CCCCCC1. The van der Waals surface area contributed by atoms with E-state index in [4.69, 9.17) is 4.74 Å². The summed E-state index contributed by atoms with van der Waals surface area (Å²) in [4.78, 5) is 0. The first-order chi connectivity index (χ1) is 7.72. The summed E-state index contributed by atoms with van der Waals surface area (Å²) < 4.78 is 5.45. The van der Waals surface area contributed by atoms with Gasteiger partial charge in [-0.1, -0.05) is 25.7 Å². The molecule has 0 spiro atoms. The van der Waals surface area contributed by atoms with Crippen molar-refractivity contribution >= 4 is 0 Å². The van der Waals surface area contributed by atoms with Crippen molar-refractivity contribution in [2.45, 2.75) is 63.1 Å². The van der Waals surface area contributed by atoms with Crippen LogP contribution >= 0.6 is 0 Å². The summed E-state index contributed by atoms with van der Waals surface area (Å²) in [6.45, 7) is 0.666. The van der Waals surface area contributed by atoms with Crippen LogP contribution in [0.15, 0.2) is 11.8 Å². The summed E-state index contributed by atoms with van der Waals surface area (Å²) in [5, 5.41) is 20.7. The second kappa shape index (κ2) is 5.19. The third kappa shape index (κ3) is 2.58. The number of hydrogen-bond donors (Lipinski definition) is 2. The molecule has 1 atom stereocenters. The van der Waals surface area contributed by atoms with Gasteiger partial charge in [0.15, 0.2) is 0 Å². The maximum atomic E-state index is 10.5. The summed E-state index contributed by atoms with van der Waals surface area (Å²) in [7, 11) is 0. The molecule has 1 aliphatic carbocycles. The zero-order valence-electron chi connectivity index (χ0n) is 9.82. The van der Waals surface area contributed by atoms with Gasteiger partial charge in [-0.3, -0.25) is 0 Å². The summed E-state index contributed by atoms with van der Waals surface area (Å²) in [5.41, 5.74) is -0.959. The van der Waals surface area contributed by atoms with E-state index in [1.807, 2.05) is 6.08 Å². The Bertz CT molecular complexity index is 252. The molecule has 1 unspecified atom stereocenters. The van der Waals surface area contributed by atoms with Gasteiger partial charge in [-0.2, -0.15) is 0 Å². The molecule has 0 aromatic carbocycles. The molecule has 2 rings (SSSR count). The molecule has 0 aromatic rings. The van der Waals surface area contributed by atoms with Gasteiger partial charge in [-0.25, -0.2) is 0 Å². The Kier molecular flexibility index (Phi) is 3.87. The molecule has 0 aromatic heterocycles. The van der Waals surface area contributed by atoms with Crippen LogP contribution in [0, 0.1) is 0 Å². The number of allylic oxidation sites excluding steroid dienone is 1. The highest BCUT2D eigenvalue weighted by molar-refractivity contribution is 5.09. The highest BCUT2D eigenvalue weighted by Crippen LogP contribution is 2.33.